The molecule has 0 radical (unpaired) electrons. The normalized spacial score (nSPS) is 23.4. The van der Waals surface area contributed by atoms with Crippen LogP contribution in [0.4, 0.5) is 5.69 Å². The van der Waals surface area contributed by atoms with Gasteiger partial charge in [-0.3, -0.25) is 14.5 Å². The van der Waals surface area contributed by atoms with Crippen molar-refractivity contribution in [3.05, 3.63) is 41.5 Å². The van der Waals surface area contributed by atoms with Crippen molar-refractivity contribution in [2.24, 2.45) is 5.73 Å². The van der Waals surface area contributed by atoms with Gasteiger partial charge >= 0.3 is 0 Å². The Labute approximate surface area is 136 Å². The lowest BCUT2D eigenvalue weighted by Crippen LogP contribution is -2.45. The van der Waals surface area contributed by atoms with E-state index in [0.29, 0.717) is 6.54 Å². The molecule has 0 unspecified atom stereocenters. The van der Waals surface area contributed by atoms with Crippen LogP contribution in [-0.4, -0.2) is 42.9 Å². The van der Waals surface area contributed by atoms with E-state index < -0.39 is 11.3 Å². The highest BCUT2D eigenvalue weighted by atomic mass is 16.2. The number of nitrogens with two attached hydrogens (primary N) is 1. The lowest BCUT2D eigenvalue weighted by atomic mass is 9.81. The first-order valence-electron chi connectivity index (χ1n) is 7.99. The fraction of sp³-hybridized carbons (Fsp3) is 0.444. The number of nitrogens with zero attached hydrogens (tertiary/aromatic N) is 2. The monoisotopic (exact) mass is 313 g/mol. The number of para-hydroxylation sites is 1. The SMILES string of the molecule is CC(C)=CCN1CC[C@@]2(C1)C(=O)N(CC(N)=O)c1ccccc12. The Morgan fingerprint density at radius 2 is 2.09 bits per heavy atom. The number of amides is 2. The highest BCUT2D eigenvalue weighted by Gasteiger charge is 2.54. The molecular formula is C18H23N3O2. The molecule has 0 aromatic heterocycles. The molecule has 1 spiro atoms. The standard InChI is InChI=1S/C18H23N3O2/c1-13(2)7-9-20-10-8-18(12-20)14-5-3-4-6-15(14)21(17(18)23)11-16(19)22/h3-7H,8-12H2,1-2H3,(H2,19,22)/t18-/m0/s1. The van der Waals surface area contributed by atoms with Crippen LogP contribution >= 0.6 is 0 Å². The number of benzene rings is 1. The maximum atomic E-state index is 13.1. The number of likely N-dealkylation sites (tertiary alicyclic amines) is 1. The predicted octanol–water partition coefficient (Wildman–Crippen LogP) is 1.43. The third kappa shape index (κ3) is 2.65. The second kappa shape index (κ2) is 5.81. The summed E-state index contributed by atoms with van der Waals surface area (Å²) in [5.74, 6) is -0.471. The molecule has 5 heteroatoms. The van der Waals surface area contributed by atoms with Gasteiger partial charge in [0.15, 0.2) is 0 Å². The molecular weight excluding hydrogens is 290 g/mol. The zero-order valence-electron chi connectivity index (χ0n) is 13.7. The summed E-state index contributed by atoms with van der Waals surface area (Å²) in [7, 11) is 0. The van der Waals surface area contributed by atoms with Crippen molar-refractivity contribution in [1.82, 2.24) is 4.90 Å². The minimum absolute atomic E-state index is 0.0113. The van der Waals surface area contributed by atoms with Gasteiger partial charge in [-0.25, -0.2) is 0 Å². The molecule has 3 rings (SSSR count). The van der Waals surface area contributed by atoms with Crippen LogP contribution in [0.15, 0.2) is 35.9 Å². The van der Waals surface area contributed by atoms with Crippen molar-refractivity contribution in [2.75, 3.05) is 31.1 Å². The van der Waals surface area contributed by atoms with E-state index in [1.165, 1.54) is 5.57 Å². The highest BCUT2D eigenvalue weighted by Crippen LogP contribution is 2.47. The van der Waals surface area contributed by atoms with Gasteiger partial charge in [-0.2, -0.15) is 0 Å². The first-order valence-corrected chi connectivity index (χ1v) is 7.99. The maximum absolute atomic E-state index is 13.1. The number of primary amides is 1. The van der Waals surface area contributed by atoms with Crippen LogP contribution in [0.2, 0.25) is 0 Å². The van der Waals surface area contributed by atoms with Crippen molar-refractivity contribution in [3.63, 3.8) is 0 Å². The third-order valence-corrected chi connectivity index (χ3v) is 4.78. The van der Waals surface area contributed by atoms with Crippen LogP contribution in [0.25, 0.3) is 0 Å². The lowest BCUT2D eigenvalue weighted by molar-refractivity contribution is -0.125. The lowest BCUT2D eigenvalue weighted by Gasteiger charge is -2.24. The topological polar surface area (TPSA) is 66.6 Å². The van der Waals surface area contributed by atoms with E-state index in [-0.39, 0.29) is 12.5 Å². The Hall–Kier alpha value is -2.14. The van der Waals surface area contributed by atoms with Crippen LogP contribution in [0.1, 0.15) is 25.8 Å². The van der Waals surface area contributed by atoms with Crippen molar-refractivity contribution in [1.29, 1.82) is 0 Å². The first-order chi connectivity index (χ1) is 10.9. The Morgan fingerprint density at radius 3 is 2.78 bits per heavy atom. The molecule has 122 valence electrons. The number of fused-ring (bicyclic) bond motifs is 2. The average Bonchev–Trinajstić information content (AvgIpc) is 3.03. The average molecular weight is 313 g/mol. The molecule has 5 nitrogen and oxygen atoms in total. The molecule has 1 aromatic rings. The molecule has 2 amide bonds. The Balaban J connectivity index is 1.92. The van der Waals surface area contributed by atoms with Gasteiger partial charge in [0, 0.05) is 18.8 Å². The van der Waals surface area contributed by atoms with Gasteiger partial charge in [0.1, 0.15) is 6.54 Å². The number of rotatable bonds is 4. The zero-order valence-corrected chi connectivity index (χ0v) is 13.7. The smallest absolute Gasteiger partial charge is 0.239 e. The molecule has 1 fully saturated rings. The quantitative estimate of drug-likeness (QED) is 0.855. The number of hydrogen-bond acceptors (Lipinski definition) is 3. The van der Waals surface area contributed by atoms with Crippen molar-refractivity contribution in [2.45, 2.75) is 25.7 Å². The molecule has 1 aromatic carbocycles. The van der Waals surface area contributed by atoms with E-state index in [1.54, 1.807) is 4.90 Å². The first kappa shape index (κ1) is 15.7. The summed E-state index contributed by atoms with van der Waals surface area (Å²) in [5, 5.41) is 0. The molecule has 0 saturated carbocycles. The van der Waals surface area contributed by atoms with Gasteiger partial charge in [-0.15, -0.1) is 0 Å². The van der Waals surface area contributed by atoms with Crippen LogP contribution in [0, 0.1) is 0 Å². The van der Waals surface area contributed by atoms with Crippen LogP contribution < -0.4 is 10.6 Å². The summed E-state index contributed by atoms with van der Waals surface area (Å²) in [4.78, 5) is 28.3. The summed E-state index contributed by atoms with van der Waals surface area (Å²) >= 11 is 0. The largest absolute Gasteiger partial charge is 0.368 e. The van der Waals surface area contributed by atoms with Gasteiger partial charge < -0.3 is 10.6 Å². The Morgan fingerprint density at radius 1 is 1.35 bits per heavy atom. The van der Waals surface area contributed by atoms with Gasteiger partial charge in [-0.05, 0) is 38.4 Å². The van der Waals surface area contributed by atoms with Crippen molar-refractivity contribution in [3.8, 4) is 0 Å². The Bertz CT molecular complexity index is 679. The molecule has 2 aliphatic heterocycles. The molecule has 1 saturated heterocycles. The minimum Gasteiger partial charge on any atom is -0.368 e. The predicted molar refractivity (Wildman–Crippen MR) is 90.2 cm³/mol. The van der Waals surface area contributed by atoms with Gasteiger partial charge in [0.2, 0.25) is 11.8 Å². The van der Waals surface area contributed by atoms with Crippen LogP contribution in [0.5, 0.6) is 0 Å². The molecule has 1 atom stereocenters. The number of allylic oxidation sites excluding steroid dienone is 1. The molecule has 23 heavy (non-hydrogen) atoms. The highest BCUT2D eigenvalue weighted by molar-refractivity contribution is 6.11. The second-order valence-corrected chi connectivity index (χ2v) is 6.72. The summed E-state index contributed by atoms with van der Waals surface area (Å²) in [6, 6.07) is 7.78. The van der Waals surface area contributed by atoms with E-state index in [0.717, 1.165) is 30.8 Å². The minimum atomic E-state index is -0.526. The summed E-state index contributed by atoms with van der Waals surface area (Å²) in [6.45, 7) is 6.55. The van der Waals surface area contributed by atoms with Crippen LogP contribution in [-0.2, 0) is 15.0 Å². The molecule has 0 bridgehead atoms. The van der Waals surface area contributed by atoms with Crippen molar-refractivity contribution >= 4 is 17.5 Å². The number of anilines is 1. The Kier molecular flexibility index (Phi) is 3.98. The van der Waals surface area contributed by atoms with E-state index >= 15 is 0 Å². The second-order valence-electron chi connectivity index (χ2n) is 6.72. The van der Waals surface area contributed by atoms with E-state index in [9.17, 15) is 9.59 Å². The summed E-state index contributed by atoms with van der Waals surface area (Å²) in [6.07, 6.45) is 2.97. The fourth-order valence-corrected chi connectivity index (χ4v) is 3.66. The van der Waals surface area contributed by atoms with E-state index in [2.05, 4.69) is 24.8 Å². The number of carbonyl (C=O) groups excluding carboxylic acids is 2. The molecule has 2 N–H and O–H groups in total. The number of hydrogen-bond donors (Lipinski definition) is 1. The third-order valence-electron chi connectivity index (χ3n) is 4.78. The molecule has 2 aliphatic rings. The maximum Gasteiger partial charge on any atom is 0.239 e. The van der Waals surface area contributed by atoms with Gasteiger partial charge in [0.25, 0.3) is 0 Å². The van der Waals surface area contributed by atoms with E-state index in [1.807, 2.05) is 24.3 Å². The zero-order chi connectivity index (χ0) is 16.6. The van der Waals surface area contributed by atoms with Gasteiger partial charge in [-0.1, -0.05) is 29.8 Å². The van der Waals surface area contributed by atoms with Crippen LogP contribution in [0.3, 0.4) is 0 Å². The van der Waals surface area contributed by atoms with E-state index in [4.69, 9.17) is 5.73 Å². The fourth-order valence-electron chi connectivity index (χ4n) is 3.66. The summed E-state index contributed by atoms with van der Waals surface area (Å²) < 4.78 is 0. The summed E-state index contributed by atoms with van der Waals surface area (Å²) in [5.41, 5.74) is 7.95. The molecule has 0 aliphatic carbocycles. The van der Waals surface area contributed by atoms with Gasteiger partial charge in [0.05, 0.1) is 5.41 Å². The van der Waals surface area contributed by atoms with Crippen molar-refractivity contribution < 1.29 is 9.59 Å². The molecule has 2 heterocycles. The number of carbonyl (C=O) groups is 2.